The average molecular weight is 329 g/mol. The van der Waals surface area contributed by atoms with Crippen LogP contribution < -0.4 is 0 Å². The molecule has 3 unspecified atom stereocenters. The largest absolute Gasteiger partial charge is 0.282 e. The van der Waals surface area contributed by atoms with Gasteiger partial charge in [0.15, 0.2) is 0 Å². The van der Waals surface area contributed by atoms with Crippen LogP contribution in [0.5, 0.6) is 0 Å². The summed E-state index contributed by atoms with van der Waals surface area (Å²) in [7, 11) is -3.35. The van der Waals surface area contributed by atoms with Crippen LogP contribution in [-0.2, 0) is 16.6 Å². The van der Waals surface area contributed by atoms with E-state index in [2.05, 4.69) is 25.3 Å². The van der Waals surface area contributed by atoms with E-state index in [9.17, 15) is 8.42 Å². The molecule has 0 saturated carbocycles. The lowest BCUT2D eigenvalue weighted by atomic mass is 9.94. The molecule has 0 spiro atoms. The van der Waals surface area contributed by atoms with Gasteiger partial charge in [-0.2, -0.15) is 17.0 Å². The third-order valence-corrected chi connectivity index (χ3v) is 7.72. The molecule has 1 saturated heterocycles. The number of hydrogen-bond donors (Lipinski definition) is 0. The first-order valence-electron chi connectivity index (χ1n) is 7.72. The van der Waals surface area contributed by atoms with Crippen LogP contribution in [0.15, 0.2) is 11.4 Å². The summed E-state index contributed by atoms with van der Waals surface area (Å²) in [6.45, 7) is 8.23. The van der Waals surface area contributed by atoms with Gasteiger partial charge in [0.05, 0.1) is 0 Å². The van der Waals surface area contributed by atoms with Crippen molar-refractivity contribution in [2.24, 2.45) is 11.8 Å². The summed E-state index contributed by atoms with van der Waals surface area (Å²) in [5.41, 5.74) is 1.19. The minimum atomic E-state index is -3.35. The van der Waals surface area contributed by atoms with Gasteiger partial charge in [-0.3, -0.25) is 0 Å². The maximum absolute atomic E-state index is 13.0. The summed E-state index contributed by atoms with van der Waals surface area (Å²) in [6.07, 6.45) is 1.96. The molecule has 118 valence electrons. The van der Waals surface area contributed by atoms with E-state index < -0.39 is 10.2 Å². The molecule has 3 heterocycles. The first-order valence-corrected chi connectivity index (χ1v) is 10.0. The molecule has 1 fully saturated rings. The van der Waals surface area contributed by atoms with Gasteiger partial charge in [-0.25, -0.2) is 0 Å². The Morgan fingerprint density at radius 2 is 1.86 bits per heavy atom. The molecule has 0 amide bonds. The predicted molar refractivity (Wildman–Crippen MR) is 86.6 cm³/mol. The van der Waals surface area contributed by atoms with Gasteiger partial charge >= 0.3 is 0 Å². The molecule has 0 N–H and O–H groups in total. The monoisotopic (exact) mass is 328 g/mol. The van der Waals surface area contributed by atoms with Crippen molar-refractivity contribution in [1.29, 1.82) is 0 Å². The van der Waals surface area contributed by atoms with Gasteiger partial charge in [-0.1, -0.05) is 13.8 Å². The van der Waals surface area contributed by atoms with Gasteiger partial charge in [0.2, 0.25) is 0 Å². The number of hydrogen-bond acceptors (Lipinski definition) is 3. The van der Waals surface area contributed by atoms with Crippen LogP contribution in [0.25, 0.3) is 0 Å². The van der Waals surface area contributed by atoms with Crippen molar-refractivity contribution in [2.45, 2.75) is 39.7 Å². The summed E-state index contributed by atoms with van der Waals surface area (Å²) in [4.78, 5) is 1.34. The van der Waals surface area contributed by atoms with E-state index in [0.29, 0.717) is 31.5 Å². The van der Waals surface area contributed by atoms with Crippen molar-refractivity contribution in [1.82, 2.24) is 8.61 Å². The zero-order valence-electron chi connectivity index (χ0n) is 12.9. The van der Waals surface area contributed by atoms with Gasteiger partial charge in [0.25, 0.3) is 10.2 Å². The van der Waals surface area contributed by atoms with Gasteiger partial charge in [0.1, 0.15) is 0 Å². The summed E-state index contributed by atoms with van der Waals surface area (Å²) in [6, 6.07) is 2.03. The fraction of sp³-hybridized carbons (Fsp3) is 0.733. The second-order valence-electron chi connectivity index (χ2n) is 6.61. The Hall–Kier alpha value is -0.430. The molecule has 1 aromatic heterocycles. The third-order valence-electron chi connectivity index (χ3n) is 4.68. The molecular formula is C15H24N2O2S2. The normalized spacial score (nSPS) is 32.0. The van der Waals surface area contributed by atoms with E-state index in [1.807, 2.05) is 6.92 Å². The second-order valence-corrected chi connectivity index (χ2v) is 9.49. The van der Waals surface area contributed by atoms with E-state index in [0.717, 1.165) is 12.8 Å². The maximum atomic E-state index is 13.0. The summed E-state index contributed by atoms with van der Waals surface area (Å²) < 4.78 is 29.5. The van der Waals surface area contributed by atoms with Crippen LogP contribution in [0.2, 0.25) is 0 Å². The maximum Gasteiger partial charge on any atom is 0.282 e. The molecule has 4 nitrogen and oxygen atoms in total. The van der Waals surface area contributed by atoms with Crippen molar-refractivity contribution in [3.05, 3.63) is 21.9 Å². The fourth-order valence-corrected chi connectivity index (χ4v) is 6.72. The SMILES string of the molecule is CC1CC(C)CN(S(=O)(=O)N2CCc3sccc3C2C)C1. The molecule has 0 aliphatic carbocycles. The Kier molecular flexibility index (Phi) is 4.16. The van der Waals surface area contributed by atoms with Gasteiger partial charge in [-0.15, -0.1) is 11.3 Å². The average Bonchev–Trinajstić information content (AvgIpc) is 2.87. The number of fused-ring (bicyclic) bond motifs is 1. The van der Waals surface area contributed by atoms with Gasteiger partial charge in [0, 0.05) is 30.6 Å². The van der Waals surface area contributed by atoms with Crippen LogP contribution in [0.4, 0.5) is 0 Å². The van der Waals surface area contributed by atoms with Crippen LogP contribution in [-0.4, -0.2) is 36.7 Å². The summed E-state index contributed by atoms with van der Waals surface area (Å²) in [5, 5.41) is 2.07. The van der Waals surface area contributed by atoms with E-state index in [1.165, 1.54) is 10.4 Å². The minimum Gasteiger partial charge on any atom is -0.195 e. The highest BCUT2D eigenvalue weighted by Gasteiger charge is 2.39. The predicted octanol–water partition coefficient (Wildman–Crippen LogP) is 2.89. The summed E-state index contributed by atoms with van der Waals surface area (Å²) in [5.74, 6) is 0.890. The smallest absolute Gasteiger partial charge is 0.195 e. The molecular weight excluding hydrogens is 304 g/mol. The van der Waals surface area contributed by atoms with E-state index >= 15 is 0 Å². The Balaban J connectivity index is 1.85. The molecule has 1 aromatic rings. The molecule has 3 rings (SSSR count). The Labute approximate surface area is 131 Å². The van der Waals surface area contributed by atoms with Crippen LogP contribution in [0.3, 0.4) is 0 Å². The van der Waals surface area contributed by atoms with Crippen LogP contribution in [0, 0.1) is 11.8 Å². The molecule has 0 aromatic carbocycles. The first kappa shape index (κ1) is 15.5. The van der Waals surface area contributed by atoms with Gasteiger partial charge < -0.3 is 0 Å². The Morgan fingerprint density at radius 1 is 1.19 bits per heavy atom. The quantitative estimate of drug-likeness (QED) is 0.837. The van der Waals surface area contributed by atoms with Crippen molar-refractivity contribution in [2.75, 3.05) is 19.6 Å². The topological polar surface area (TPSA) is 40.6 Å². The van der Waals surface area contributed by atoms with E-state index in [-0.39, 0.29) is 6.04 Å². The molecule has 21 heavy (non-hydrogen) atoms. The number of piperidine rings is 1. The number of thiophene rings is 1. The Bertz CT molecular complexity index is 601. The molecule has 3 atom stereocenters. The zero-order chi connectivity index (χ0) is 15.2. The highest BCUT2D eigenvalue weighted by Crippen LogP contribution is 2.36. The van der Waals surface area contributed by atoms with E-state index in [1.54, 1.807) is 19.9 Å². The zero-order valence-corrected chi connectivity index (χ0v) is 14.6. The van der Waals surface area contributed by atoms with Crippen LogP contribution >= 0.6 is 11.3 Å². The number of rotatable bonds is 2. The van der Waals surface area contributed by atoms with Crippen molar-refractivity contribution in [3.8, 4) is 0 Å². The van der Waals surface area contributed by atoms with Crippen molar-refractivity contribution in [3.63, 3.8) is 0 Å². The third kappa shape index (κ3) is 2.79. The molecule has 0 radical (unpaired) electrons. The lowest BCUT2D eigenvalue weighted by molar-refractivity contribution is 0.200. The molecule has 2 aliphatic rings. The minimum absolute atomic E-state index is 0.0439. The van der Waals surface area contributed by atoms with Crippen molar-refractivity contribution < 1.29 is 8.42 Å². The van der Waals surface area contributed by atoms with E-state index in [4.69, 9.17) is 0 Å². The highest BCUT2D eigenvalue weighted by molar-refractivity contribution is 7.86. The summed E-state index contributed by atoms with van der Waals surface area (Å²) >= 11 is 1.74. The van der Waals surface area contributed by atoms with Crippen LogP contribution in [0.1, 0.15) is 43.7 Å². The molecule has 2 aliphatic heterocycles. The lowest BCUT2D eigenvalue weighted by Crippen LogP contribution is -2.51. The highest BCUT2D eigenvalue weighted by atomic mass is 32.2. The molecule has 6 heteroatoms. The number of nitrogens with zero attached hydrogens (tertiary/aromatic N) is 2. The molecule has 0 bridgehead atoms. The van der Waals surface area contributed by atoms with Gasteiger partial charge in [-0.05, 0) is 48.6 Å². The van der Waals surface area contributed by atoms with Crippen molar-refractivity contribution >= 4 is 21.5 Å². The Morgan fingerprint density at radius 3 is 2.52 bits per heavy atom. The standard InChI is InChI=1S/C15H24N2O2S2/c1-11-8-12(2)10-16(9-11)21(18,19)17-6-4-15-14(13(17)3)5-7-20-15/h5,7,11-13H,4,6,8-10H2,1-3H3. The second kappa shape index (κ2) is 5.65. The lowest BCUT2D eigenvalue weighted by Gasteiger charge is -2.40. The fourth-order valence-electron chi connectivity index (χ4n) is 3.74. The first-order chi connectivity index (χ1) is 9.89.